The summed E-state index contributed by atoms with van der Waals surface area (Å²) in [5, 5.41) is 2.90. The van der Waals surface area contributed by atoms with Crippen LogP contribution < -0.4 is 14.8 Å². The number of carbonyl (C=O) groups excluding carboxylic acids is 2. The molecule has 2 atom stereocenters. The van der Waals surface area contributed by atoms with Crippen LogP contribution in [0.25, 0.3) is 0 Å². The molecule has 0 bridgehead atoms. The summed E-state index contributed by atoms with van der Waals surface area (Å²) < 4.78 is 11.7. The second kappa shape index (κ2) is 9.07. The van der Waals surface area contributed by atoms with Gasteiger partial charge in [-0.3, -0.25) is 4.79 Å². The minimum Gasteiger partial charge on any atom is -0.486 e. The first-order chi connectivity index (χ1) is 14.6. The van der Waals surface area contributed by atoms with Crippen LogP contribution in [-0.4, -0.2) is 61.1 Å². The number of hydrogen-bond acceptors (Lipinski definition) is 4. The number of amides is 3. The number of nitrogens with zero attached hydrogens (tertiary/aromatic N) is 2. The standard InChI is InChI=1S/C23H27N3O4/c1-25(15-19-16-29-20-11-5-6-12-21(20)30-19)22(27)17-8-7-13-26(14-17)23(28)24-18-9-3-2-4-10-18/h2-6,9-12,17,19H,7-8,13-16H2,1H3,(H,24,28)/t17-,19+/m0/s1. The maximum absolute atomic E-state index is 13.0. The fraction of sp³-hybridized carbons (Fsp3) is 0.391. The second-order valence-electron chi connectivity index (χ2n) is 7.80. The van der Waals surface area contributed by atoms with E-state index in [9.17, 15) is 9.59 Å². The molecule has 0 aliphatic carbocycles. The summed E-state index contributed by atoms with van der Waals surface area (Å²) in [5.41, 5.74) is 0.753. The summed E-state index contributed by atoms with van der Waals surface area (Å²) in [6.07, 6.45) is 1.38. The van der Waals surface area contributed by atoms with Gasteiger partial charge in [-0.2, -0.15) is 0 Å². The molecule has 0 radical (unpaired) electrons. The Morgan fingerprint density at radius 3 is 2.63 bits per heavy atom. The number of benzene rings is 2. The highest BCUT2D eigenvalue weighted by molar-refractivity contribution is 5.90. The van der Waals surface area contributed by atoms with Gasteiger partial charge in [-0.15, -0.1) is 0 Å². The van der Waals surface area contributed by atoms with Gasteiger partial charge in [-0.05, 0) is 37.1 Å². The molecule has 2 aliphatic heterocycles. The Kier molecular flexibility index (Phi) is 6.07. The molecule has 0 unspecified atom stereocenters. The largest absolute Gasteiger partial charge is 0.486 e. The third-order valence-electron chi connectivity index (χ3n) is 5.50. The molecular formula is C23H27N3O4. The lowest BCUT2D eigenvalue weighted by atomic mass is 9.96. The third-order valence-corrected chi connectivity index (χ3v) is 5.50. The zero-order valence-electron chi connectivity index (χ0n) is 17.1. The minimum atomic E-state index is -0.213. The van der Waals surface area contributed by atoms with Gasteiger partial charge < -0.3 is 24.6 Å². The normalized spacial score (nSPS) is 20.4. The van der Waals surface area contributed by atoms with Crippen LogP contribution in [0.15, 0.2) is 54.6 Å². The summed E-state index contributed by atoms with van der Waals surface area (Å²) >= 11 is 0. The van der Waals surface area contributed by atoms with Crippen LogP contribution >= 0.6 is 0 Å². The van der Waals surface area contributed by atoms with E-state index in [1.165, 1.54) is 0 Å². The third kappa shape index (κ3) is 4.67. The van der Waals surface area contributed by atoms with Gasteiger partial charge >= 0.3 is 6.03 Å². The van der Waals surface area contributed by atoms with Crippen molar-refractivity contribution in [3.8, 4) is 11.5 Å². The van der Waals surface area contributed by atoms with E-state index < -0.39 is 0 Å². The molecule has 2 aromatic rings. The maximum atomic E-state index is 13.0. The molecule has 7 heteroatoms. The smallest absolute Gasteiger partial charge is 0.321 e. The predicted molar refractivity (Wildman–Crippen MR) is 114 cm³/mol. The number of ether oxygens (including phenoxy) is 2. The molecule has 30 heavy (non-hydrogen) atoms. The average molecular weight is 409 g/mol. The van der Waals surface area contributed by atoms with E-state index in [-0.39, 0.29) is 24.0 Å². The second-order valence-corrected chi connectivity index (χ2v) is 7.80. The summed E-state index contributed by atoms with van der Waals surface area (Å²) in [4.78, 5) is 29.0. The summed E-state index contributed by atoms with van der Waals surface area (Å²) in [6.45, 7) is 1.93. The first-order valence-corrected chi connectivity index (χ1v) is 10.3. The van der Waals surface area contributed by atoms with E-state index in [0.717, 1.165) is 24.3 Å². The number of piperidine rings is 1. The number of hydrogen-bond donors (Lipinski definition) is 1. The van der Waals surface area contributed by atoms with Crippen molar-refractivity contribution >= 4 is 17.6 Å². The number of nitrogens with one attached hydrogen (secondary N) is 1. The van der Waals surface area contributed by atoms with Crippen molar-refractivity contribution in [2.24, 2.45) is 5.92 Å². The van der Waals surface area contributed by atoms with Crippen molar-refractivity contribution in [1.29, 1.82) is 0 Å². The Labute approximate surface area is 176 Å². The molecule has 0 spiro atoms. The van der Waals surface area contributed by atoms with Gasteiger partial charge in [0, 0.05) is 25.8 Å². The lowest BCUT2D eigenvalue weighted by Gasteiger charge is -2.35. The Morgan fingerprint density at radius 2 is 1.83 bits per heavy atom. The highest BCUT2D eigenvalue weighted by atomic mass is 16.6. The first kappa shape index (κ1) is 20.1. The number of para-hydroxylation sites is 3. The maximum Gasteiger partial charge on any atom is 0.321 e. The summed E-state index contributed by atoms with van der Waals surface area (Å²) in [7, 11) is 1.79. The van der Waals surface area contributed by atoms with Crippen LogP contribution in [0.1, 0.15) is 12.8 Å². The van der Waals surface area contributed by atoms with Gasteiger partial charge in [0.15, 0.2) is 17.6 Å². The Balaban J connectivity index is 1.31. The van der Waals surface area contributed by atoms with Gasteiger partial charge in [0.25, 0.3) is 0 Å². The number of urea groups is 1. The number of carbonyl (C=O) groups is 2. The van der Waals surface area contributed by atoms with E-state index in [0.29, 0.717) is 32.0 Å². The van der Waals surface area contributed by atoms with Crippen molar-refractivity contribution in [1.82, 2.24) is 9.80 Å². The molecule has 0 aromatic heterocycles. The Hall–Kier alpha value is -3.22. The average Bonchev–Trinajstić information content (AvgIpc) is 2.79. The molecule has 1 N–H and O–H groups in total. The van der Waals surface area contributed by atoms with Crippen molar-refractivity contribution in [2.75, 3.05) is 38.6 Å². The topological polar surface area (TPSA) is 71.1 Å². The van der Waals surface area contributed by atoms with E-state index in [1.807, 2.05) is 54.6 Å². The number of fused-ring (bicyclic) bond motifs is 1. The molecule has 1 fully saturated rings. The highest BCUT2D eigenvalue weighted by Crippen LogP contribution is 2.31. The zero-order chi connectivity index (χ0) is 20.9. The van der Waals surface area contributed by atoms with E-state index in [1.54, 1.807) is 16.8 Å². The van der Waals surface area contributed by atoms with Gasteiger partial charge in [-0.1, -0.05) is 30.3 Å². The van der Waals surface area contributed by atoms with Crippen LogP contribution in [0.5, 0.6) is 11.5 Å². The van der Waals surface area contributed by atoms with Crippen LogP contribution in [-0.2, 0) is 4.79 Å². The van der Waals surface area contributed by atoms with Crippen LogP contribution in [0.2, 0.25) is 0 Å². The molecule has 2 heterocycles. The van der Waals surface area contributed by atoms with E-state index in [2.05, 4.69) is 5.32 Å². The Bertz CT molecular complexity index is 889. The monoisotopic (exact) mass is 409 g/mol. The van der Waals surface area contributed by atoms with Crippen LogP contribution in [0, 0.1) is 5.92 Å². The SMILES string of the molecule is CN(C[C@@H]1COc2ccccc2O1)C(=O)[C@H]1CCCN(C(=O)Nc2ccccc2)C1. The van der Waals surface area contributed by atoms with Gasteiger partial charge in [0.1, 0.15) is 6.61 Å². The highest BCUT2D eigenvalue weighted by Gasteiger charge is 2.32. The Morgan fingerprint density at radius 1 is 1.10 bits per heavy atom. The molecule has 4 rings (SSSR count). The lowest BCUT2D eigenvalue weighted by molar-refractivity contribution is -0.137. The number of likely N-dealkylation sites (tertiary alicyclic amines) is 1. The molecule has 158 valence electrons. The molecule has 7 nitrogen and oxygen atoms in total. The molecular weight excluding hydrogens is 382 g/mol. The molecule has 0 saturated carbocycles. The van der Waals surface area contributed by atoms with Gasteiger partial charge in [0.05, 0.1) is 12.5 Å². The molecule has 2 aromatic carbocycles. The van der Waals surface area contributed by atoms with Crippen molar-refractivity contribution < 1.29 is 19.1 Å². The quantitative estimate of drug-likeness (QED) is 0.842. The number of likely N-dealkylation sites (N-methyl/N-ethyl adjacent to an activating group) is 1. The van der Waals surface area contributed by atoms with Crippen molar-refractivity contribution in [3.05, 3.63) is 54.6 Å². The fourth-order valence-electron chi connectivity index (χ4n) is 3.95. The first-order valence-electron chi connectivity index (χ1n) is 10.3. The number of rotatable bonds is 4. The van der Waals surface area contributed by atoms with Crippen molar-refractivity contribution in [2.45, 2.75) is 18.9 Å². The van der Waals surface area contributed by atoms with E-state index in [4.69, 9.17) is 9.47 Å². The predicted octanol–water partition coefficient (Wildman–Crippen LogP) is 3.23. The van der Waals surface area contributed by atoms with E-state index >= 15 is 0 Å². The van der Waals surface area contributed by atoms with Gasteiger partial charge in [-0.25, -0.2) is 4.79 Å². The summed E-state index contributed by atoms with van der Waals surface area (Å²) in [5.74, 6) is 1.27. The zero-order valence-corrected chi connectivity index (χ0v) is 17.1. The van der Waals surface area contributed by atoms with Crippen molar-refractivity contribution in [3.63, 3.8) is 0 Å². The summed E-state index contributed by atoms with van der Waals surface area (Å²) in [6, 6.07) is 16.7. The molecule has 2 aliphatic rings. The van der Waals surface area contributed by atoms with Crippen LogP contribution in [0.3, 0.4) is 0 Å². The molecule has 3 amide bonds. The minimum absolute atomic E-state index is 0.0367. The number of anilines is 1. The van der Waals surface area contributed by atoms with Gasteiger partial charge in [0.2, 0.25) is 5.91 Å². The lowest BCUT2D eigenvalue weighted by Crippen LogP contribution is -2.49. The fourth-order valence-corrected chi connectivity index (χ4v) is 3.95. The van der Waals surface area contributed by atoms with Crippen LogP contribution in [0.4, 0.5) is 10.5 Å². The molecule has 1 saturated heterocycles.